The van der Waals surface area contributed by atoms with E-state index in [1.807, 2.05) is 18.4 Å². The minimum absolute atomic E-state index is 0.431. The maximum absolute atomic E-state index is 10.8. The van der Waals surface area contributed by atoms with Crippen LogP contribution in [-0.2, 0) is 4.79 Å². The van der Waals surface area contributed by atoms with Crippen molar-refractivity contribution in [3.05, 3.63) is 12.1 Å². The highest BCUT2D eigenvalue weighted by atomic mass is 32.2. The molecular formula is C8H8N4O2S2. The molecule has 8 heteroatoms. The molecule has 84 valence electrons. The highest BCUT2D eigenvalue weighted by molar-refractivity contribution is 8.00. The Labute approximate surface area is 99.6 Å². The van der Waals surface area contributed by atoms with E-state index in [1.165, 1.54) is 6.92 Å². The molecule has 6 nitrogen and oxygen atoms in total. The summed E-state index contributed by atoms with van der Waals surface area (Å²) in [6.45, 7) is 1.30. The predicted molar refractivity (Wildman–Crippen MR) is 60.2 cm³/mol. The SMILES string of the molecule is CSc1ccc(-c2nnnn2OC(C)=O)s1. The Morgan fingerprint density at radius 2 is 2.38 bits per heavy atom. The number of thioether (sulfide) groups is 1. The van der Waals surface area contributed by atoms with Gasteiger partial charge in [-0.2, -0.15) is 0 Å². The Balaban J connectivity index is 2.32. The average Bonchev–Trinajstić information content (AvgIpc) is 2.84. The van der Waals surface area contributed by atoms with Crippen molar-refractivity contribution < 1.29 is 9.63 Å². The van der Waals surface area contributed by atoms with Crippen molar-refractivity contribution in [1.29, 1.82) is 0 Å². The number of thiophene rings is 1. The van der Waals surface area contributed by atoms with Crippen LogP contribution in [0.1, 0.15) is 6.92 Å². The van der Waals surface area contributed by atoms with Gasteiger partial charge in [0.05, 0.1) is 9.09 Å². The van der Waals surface area contributed by atoms with Crippen molar-refractivity contribution in [2.45, 2.75) is 11.1 Å². The summed E-state index contributed by atoms with van der Waals surface area (Å²) >= 11 is 3.18. The Kier molecular flexibility index (Phi) is 3.20. The average molecular weight is 256 g/mol. The van der Waals surface area contributed by atoms with Gasteiger partial charge in [-0.05, 0) is 33.7 Å². The second kappa shape index (κ2) is 4.62. The number of carbonyl (C=O) groups excluding carboxylic acids is 1. The van der Waals surface area contributed by atoms with E-state index < -0.39 is 5.97 Å². The van der Waals surface area contributed by atoms with E-state index in [4.69, 9.17) is 4.84 Å². The third-order valence-electron chi connectivity index (χ3n) is 1.66. The predicted octanol–water partition coefficient (Wildman–Crippen LogP) is 1.10. The Hall–Kier alpha value is -1.41. The van der Waals surface area contributed by atoms with Crippen molar-refractivity contribution >= 4 is 29.1 Å². The second-order valence-corrected chi connectivity index (χ2v) is 4.97. The number of aromatic nitrogens is 4. The number of hydrogen-bond donors (Lipinski definition) is 0. The zero-order chi connectivity index (χ0) is 11.5. The van der Waals surface area contributed by atoms with Crippen molar-refractivity contribution in [3.8, 4) is 10.7 Å². The molecule has 0 spiro atoms. The van der Waals surface area contributed by atoms with E-state index in [0.29, 0.717) is 5.82 Å². The molecule has 0 atom stereocenters. The van der Waals surface area contributed by atoms with E-state index in [-0.39, 0.29) is 0 Å². The first-order valence-electron chi connectivity index (χ1n) is 4.32. The normalized spacial score (nSPS) is 10.4. The lowest BCUT2D eigenvalue weighted by molar-refractivity contribution is -0.143. The van der Waals surface area contributed by atoms with Crippen LogP contribution in [0.5, 0.6) is 0 Å². The summed E-state index contributed by atoms with van der Waals surface area (Å²) in [6.07, 6.45) is 1.99. The van der Waals surface area contributed by atoms with Crippen LogP contribution in [0.4, 0.5) is 0 Å². The summed E-state index contributed by atoms with van der Waals surface area (Å²) in [4.78, 5) is 17.5. The first-order valence-corrected chi connectivity index (χ1v) is 6.36. The Bertz CT molecular complexity index is 508. The number of hydrogen-bond acceptors (Lipinski definition) is 7. The summed E-state index contributed by atoms with van der Waals surface area (Å²) in [7, 11) is 0. The molecule has 0 radical (unpaired) electrons. The molecule has 0 saturated carbocycles. The maximum Gasteiger partial charge on any atom is 0.332 e. The molecule has 0 aromatic carbocycles. The molecule has 0 fully saturated rings. The number of carbonyl (C=O) groups is 1. The second-order valence-electron chi connectivity index (χ2n) is 2.78. The van der Waals surface area contributed by atoms with E-state index in [2.05, 4.69) is 15.5 Å². The smallest absolute Gasteiger partial charge is 0.316 e. The van der Waals surface area contributed by atoms with E-state index in [1.54, 1.807) is 23.1 Å². The van der Waals surface area contributed by atoms with Crippen molar-refractivity contribution in [2.75, 3.05) is 6.26 Å². The van der Waals surface area contributed by atoms with Crippen LogP contribution in [0.25, 0.3) is 10.7 Å². The van der Waals surface area contributed by atoms with Crippen molar-refractivity contribution in [2.24, 2.45) is 0 Å². The molecule has 0 N–H and O–H groups in total. The molecule has 16 heavy (non-hydrogen) atoms. The highest BCUT2D eigenvalue weighted by Crippen LogP contribution is 2.30. The van der Waals surface area contributed by atoms with Crippen molar-refractivity contribution in [1.82, 2.24) is 20.4 Å². The van der Waals surface area contributed by atoms with E-state index in [0.717, 1.165) is 13.9 Å². The fourth-order valence-electron chi connectivity index (χ4n) is 1.06. The van der Waals surface area contributed by atoms with Gasteiger partial charge in [0.1, 0.15) is 0 Å². The lowest BCUT2D eigenvalue weighted by Crippen LogP contribution is -2.18. The standard InChI is InChI=1S/C8H8N4O2S2/c1-5(13)14-12-8(9-10-11-12)6-3-4-7(15-2)16-6/h3-4H,1-2H3. The summed E-state index contributed by atoms with van der Waals surface area (Å²) in [5.41, 5.74) is 0. The fourth-order valence-corrected chi connectivity index (χ4v) is 2.56. The lowest BCUT2D eigenvalue weighted by Gasteiger charge is -1.99. The van der Waals surface area contributed by atoms with Gasteiger partial charge in [-0.15, -0.1) is 28.2 Å². The number of tetrazole rings is 1. The molecule has 0 aliphatic heterocycles. The quantitative estimate of drug-likeness (QED) is 0.605. The fraction of sp³-hybridized carbons (Fsp3) is 0.250. The number of nitrogens with zero attached hydrogens (tertiary/aromatic N) is 4. The van der Waals surface area contributed by atoms with Crippen molar-refractivity contribution in [3.63, 3.8) is 0 Å². The zero-order valence-corrected chi connectivity index (χ0v) is 10.2. The molecule has 2 aromatic heterocycles. The van der Waals surface area contributed by atoms with Crippen LogP contribution in [0.2, 0.25) is 0 Å². The summed E-state index contributed by atoms with van der Waals surface area (Å²) in [6, 6.07) is 3.86. The molecule has 0 saturated heterocycles. The largest absolute Gasteiger partial charge is 0.332 e. The van der Waals surface area contributed by atoms with Gasteiger partial charge in [0, 0.05) is 6.92 Å². The van der Waals surface area contributed by atoms with Gasteiger partial charge in [-0.25, -0.2) is 4.79 Å². The van der Waals surface area contributed by atoms with Gasteiger partial charge >= 0.3 is 5.97 Å². The molecule has 2 heterocycles. The molecular weight excluding hydrogens is 248 g/mol. The molecule has 2 rings (SSSR count). The Morgan fingerprint density at radius 1 is 1.56 bits per heavy atom. The lowest BCUT2D eigenvalue weighted by atomic mass is 10.4. The maximum atomic E-state index is 10.8. The monoisotopic (exact) mass is 256 g/mol. The van der Waals surface area contributed by atoms with E-state index >= 15 is 0 Å². The Morgan fingerprint density at radius 3 is 3.00 bits per heavy atom. The van der Waals surface area contributed by atoms with Crippen LogP contribution in [-0.4, -0.2) is 32.6 Å². The summed E-state index contributed by atoms with van der Waals surface area (Å²) < 4.78 is 1.15. The first-order chi connectivity index (χ1) is 7.70. The van der Waals surface area contributed by atoms with Crippen LogP contribution < -0.4 is 4.84 Å². The third-order valence-corrected chi connectivity index (χ3v) is 3.82. The van der Waals surface area contributed by atoms with Crippen LogP contribution in [0.15, 0.2) is 16.3 Å². The van der Waals surface area contributed by atoms with Crippen LogP contribution >= 0.6 is 23.1 Å². The van der Waals surface area contributed by atoms with Gasteiger partial charge in [0.15, 0.2) is 0 Å². The minimum Gasteiger partial charge on any atom is -0.316 e. The van der Waals surface area contributed by atoms with Gasteiger partial charge in [-0.1, -0.05) is 0 Å². The topological polar surface area (TPSA) is 69.9 Å². The molecule has 0 aliphatic carbocycles. The summed E-state index contributed by atoms with van der Waals surface area (Å²) in [5, 5.41) is 10.9. The number of rotatable bonds is 3. The van der Waals surface area contributed by atoms with Gasteiger partial charge in [0.25, 0.3) is 0 Å². The highest BCUT2D eigenvalue weighted by Gasteiger charge is 2.13. The van der Waals surface area contributed by atoms with Gasteiger partial charge in [0.2, 0.25) is 5.82 Å². The third kappa shape index (κ3) is 2.22. The molecule has 2 aromatic rings. The molecule has 0 unspecified atom stereocenters. The molecule has 0 aliphatic rings. The van der Waals surface area contributed by atoms with Gasteiger partial charge in [-0.3, -0.25) is 0 Å². The van der Waals surface area contributed by atoms with Crippen LogP contribution in [0, 0.1) is 0 Å². The first kappa shape index (κ1) is 11.1. The summed E-state index contributed by atoms with van der Waals surface area (Å²) in [5.74, 6) is -0.0318. The minimum atomic E-state index is -0.463. The van der Waals surface area contributed by atoms with Gasteiger partial charge < -0.3 is 4.84 Å². The van der Waals surface area contributed by atoms with Crippen LogP contribution in [0.3, 0.4) is 0 Å². The van der Waals surface area contributed by atoms with E-state index in [9.17, 15) is 4.79 Å². The molecule has 0 amide bonds. The molecule has 0 bridgehead atoms. The zero-order valence-electron chi connectivity index (χ0n) is 8.58.